The first-order chi connectivity index (χ1) is 10.7. The molecule has 1 aliphatic rings. The summed E-state index contributed by atoms with van der Waals surface area (Å²) < 4.78 is 5.14. The summed E-state index contributed by atoms with van der Waals surface area (Å²) in [5.74, 6) is -0.373. The van der Waals surface area contributed by atoms with Crippen molar-refractivity contribution in [2.75, 3.05) is 12.3 Å². The number of carboxylic acids is 1. The van der Waals surface area contributed by atoms with Gasteiger partial charge in [-0.25, -0.2) is 9.63 Å². The largest absolute Gasteiger partial charge is 0.497 e. The van der Waals surface area contributed by atoms with Gasteiger partial charge in [0.05, 0.1) is 18.4 Å². The molecule has 1 unspecified atom stereocenters. The van der Waals surface area contributed by atoms with E-state index in [1.54, 1.807) is 43.5 Å². The summed E-state index contributed by atoms with van der Waals surface area (Å²) in [5.41, 5.74) is 1.23. The molecule has 0 radical (unpaired) electrons. The van der Waals surface area contributed by atoms with Crippen molar-refractivity contribution >= 4 is 11.7 Å². The van der Waals surface area contributed by atoms with Gasteiger partial charge in [0.1, 0.15) is 5.75 Å². The van der Waals surface area contributed by atoms with E-state index in [1.807, 2.05) is 0 Å². The third kappa shape index (κ3) is 2.86. The molecule has 22 heavy (non-hydrogen) atoms. The zero-order chi connectivity index (χ0) is 15.5. The molecule has 0 bridgehead atoms. The highest BCUT2D eigenvalue weighted by molar-refractivity contribution is 5.88. The Morgan fingerprint density at radius 1 is 1.23 bits per heavy atom. The van der Waals surface area contributed by atoms with Crippen LogP contribution in [0.4, 0.5) is 5.69 Å². The van der Waals surface area contributed by atoms with Crippen LogP contribution >= 0.6 is 0 Å². The van der Waals surface area contributed by atoms with Gasteiger partial charge in [0.15, 0.2) is 0 Å². The second-order valence-corrected chi connectivity index (χ2v) is 4.50. The molecular formula is C15H13NO6. The maximum absolute atomic E-state index is 11.0. The highest BCUT2D eigenvalue weighted by atomic mass is 17.4. The third-order valence-corrected chi connectivity index (χ3v) is 3.06. The number of rotatable bonds is 4. The normalized spacial score (nSPS) is 17.5. The first-order valence-electron chi connectivity index (χ1n) is 6.45. The number of ether oxygens (including phenoxy) is 1. The average Bonchev–Trinajstić information content (AvgIpc) is 3.05. The number of anilines is 1. The second-order valence-electron chi connectivity index (χ2n) is 4.50. The topological polar surface area (TPSA) is 77.5 Å². The summed E-state index contributed by atoms with van der Waals surface area (Å²) in [6, 6.07) is 13.3. The van der Waals surface area contributed by atoms with Gasteiger partial charge in [-0.1, -0.05) is 28.4 Å². The van der Waals surface area contributed by atoms with Crippen molar-refractivity contribution in [3.05, 3.63) is 59.7 Å². The highest BCUT2D eigenvalue weighted by Crippen LogP contribution is 2.32. The molecule has 0 amide bonds. The van der Waals surface area contributed by atoms with Gasteiger partial charge in [-0.05, 0) is 30.3 Å². The molecule has 0 aliphatic carbocycles. The minimum atomic E-state index is -1.04. The van der Waals surface area contributed by atoms with Crippen LogP contribution in [0, 0.1) is 0 Å². The molecule has 1 heterocycles. The number of aromatic carboxylic acids is 1. The van der Waals surface area contributed by atoms with Crippen LogP contribution in [0.5, 0.6) is 5.75 Å². The number of carbonyl (C=O) groups is 1. The van der Waals surface area contributed by atoms with E-state index >= 15 is 0 Å². The van der Waals surface area contributed by atoms with Crippen LogP contribution in [0.2, 0.25) is 0 Å². The standard InChI is InChI=1S/C15H13NO6/c1-19-13-7-3-5-11(9-13)15-20-16(22-21-15)12-6-2-4-10(8-12)14(17)18/h2-9,15H,1H3,(H,17,18). The Kier molecular flexibility index (Phi) is 3.92. The zero-order valence-electron chi connectivity index (χ0n) is 11.6. The van der Waals surface area contributed by atoms with E-state index in [1.165, 1.54) is 12.1 Å². The lowest BCUT2D eigenvalue weighted by atomic mass is 10.2. The average molecular weight is 303 g/mol. The Labute approximate surface area is 126 Å². The predicted octanol–water partition coefficient (Wildman–Crippen LogP) is 2.71. The van der Waals surface area contributed by atoms with E-state index in [4.69, 9.17) is 24.6 Å². The molecule has 2 aromatic rings. The number of benzene rings is 2. The van der Waals surface area contributed by atoms with Gasteiger partial charge in [-0.15, -0.1) is 0 Å². The number of hydrogen-bond donors (Lipinski definition) is 1. The Balaban J connectivity index is 1.77. The molecule has 1 aliphatic heterocycles. The number of carboxylic acid groups (broad SMARTS) is 1. The molecule has 2 aromatic carbocycles. The summed E-state index contributed by atoms with van der Waals surface area (Å²) >= 11 is 0. The summed E-state index contributed by atoms with van der Waals surface area (Å²) in [6.45, 7) is 0. The van der Waals surface area contributed by atoms with E-state index in [9.17, 15) is 4.79 Å². The Morgan fingerprint density at radius 2 is 2.05 bits per heavy atom. The zero-order valence-corrected chi connectivity index (χ0v) is 11.6. The second kappa shape index (κ2) is 6.02. The van der Waals surface area contributed by atoms with Crippen LogP contribution in [-0.4, -0.2) is 18.2 Å². The van der Waals surface area contributed by atoms with Crippen molar-refractivity contribution in [3.63, 3.8) is 0 Å². The van der Waals surface area contributed by atoms with Gasteiger partial charge in [0, 0.05) is 5.56 Å². The molecule has 0 saturated carbocycles. The number of methoxy groups -OCH3 is 1. The van der Waals surface area contributed by atoms with Crippen LogP contribution in [0.25, 0.3) is 0 Å². The van der Waals surface area contributed by atoms with Gasteiger partial charge < -0.3 is 9.84 Å². The molecule has 0 aromatic heterocycles. The molecule has 7 heteroatoms. The van der Waals surface area contributed by atoms with E-state index in [-0.39, 0.29) is 5.56 Å². The first kappa shape index (κ1) is 14.3. The minimum absolute atomic E-state index is 0.120. The number of nitrogens with zero attached hydrogens (tertiary/aromatic N) is 1. The maximum Gasteiger partial charge on any atom is 0.335 e. The molecule has 1 saturated heterocycles. The number of hydrogen-bond acceptors (Lipinski definition) is 6. The molecule has 0 spiro atoms. The van der Waals surface area contributed by atoms with E-state index in [0.29, 0.717) is 17.0 Å². The van der Waals surface area contributed by atoms with Crippen LogP contribution < -0.4 is 9.96 Å². The van der Waals surface area contributed by atoms with Crippen LogP contribution in [0.1, 0.15) is 22.2 Å². The van der Waals surface area contributed by atoms with Gasteiger partial charge in [0.2, 0.25) is 6.29 Å². The minimum Gasteiger partial charge on any atom is -0.497 e. The monoisotopic (exact) mass is 303 g/mol. The lowest BCUT2D eigenvalue weighted by Gasteiger charge is -2.12. The molecule has 1 fully saturated rings. The third-order valence-electron chi connectivity index (χ3n) is 3.06. The highest BCUT2D eigenvalue weighted by Gasteiger charge is 2.29. The van der Waals surface area contributed by atoms with Crippen molar-refractivity contribution in [3.8, 4) is 5.75 Å². The van der Waals surface area contributed by atoms with Gasteiger partial charge in [0.25, 0.3) is 0 Å². The lowest BCUT2D eigenvalue weighted by Crippen LogP contribution is -2.15. The summed E-state index contributed by atoms with van der Waals surface area (Å²) in [4.78, 5) is 26.6. The predicted molar refractivity (Wildman–Crippen MR) is 74.9 cm³/mol. The quantitative estimate of drug-likeness (QED) is 0.870. The van der Waals surface area contributed by atoms with Crippen LogP contribution in [-0.2, 0) is 14.7 Å². The first-order valence-corrected chi connectivity index (χ1v) is 6.45. The van der Waals surface area contributed by atoms with Crippen molar-refractivity contribution in [1.82, 2.24) is 0 Å². The van der Waals surface area contributed by atoms with Gasteiger partial charge >= 0.3 is 5.97 Å². The summed E-state index contributed by atoms with van der Waals surface area (Å²) in [5, 5.41) is 10.0. The smallest absolute Gasteiger partial charge is 0.335 e. The van der Waals surface area contributed by atoms with Gasteiger partial charge in [-0.3, -0.25) is 0 Å². The van der Waals surface area contributed by atoms with Gasteiger partial charge in [-0.2, -0.15) is 4.89 Å². The molecule has 7 nitrogen and oxygen atoms in total. The summed E-state index contributed by atoms with van der Waals surface area (Å²) in [7, 11) is 1.57. The van der Waals surface area contributed by atoms with E-state index in [0.717, 1.165) is 5.23 Å². The fourth-order valence-corrected chi connectivity index (χ4v) is 1.96. The van der Waals surface area contributed by atoms with Crippen LogP contribution in [0.3, 0.4) is 0 Å². The van der Waals surface area contributed by atoms with Crippen LogP contribution in [0.15, 0.2) is 48.5 Å². The van der Waals surface area contributed by atoms with E-state index < -0.39 is 12.3 Å². The van der Waals surface area contributed by atoms with Crippen molar-refractivity contribution in [1.29, 1.82) is 0 Å². The lowest BCUT2D eigenvalue weighted by molar-refractivity contribution is -0.286. The van der Waals surface area contributed by atoms with E-state index in [2.05, 4.69) is 0 Å². The fraction of sp³-hybridized carbons (Fsp3) is 0.133. The molecule has 3 rings (SSSR count). The van der Waals surface area contributed by atoms with Crippen molar-refractivity contribution < 1.29 is 29.4 Å². The van der Waals surface area contributed by atoms with Crippen molar-refractivity contribution in [2.24, 2.45) is 0 Å². The Hall–Kier alpha value is -2.61. The Bertz CT molecular complexity index is 689. The Morgan fingerprint density at radius 3 is 2.82 bits per heavy atom. The molecule has 114 valence electrons. The molecule has 1 atom stereocenters. The molecule has 1 N–H and O–H groups in total. The molecular weight excluding hydrogens is 290 g/mol. The van der Waals surface area contributed by atoms with Crippen molar-refractivity contribution in [2.45, 2.75) is 6.29 Å². The maximum atomic E-state index is 11.0. The SMILES string of the molecule is COc1cccc(C2OON(c3cccc(C(=O)O)c3)O2)c1. The summed E-state index contributed by atoms with van der Waals surface area (Å²) in [6.07, 6.45) is -0.774. The fourth-order valence-electron chi connectivity index (χ4n) is 1.96.